The number of aliphatic hydroxyl groups excluding tert-OH is 1. The Hall–Kier alpha value is -1.89. The second-order valence-corrected chi connectivity index (χ2v) is 6.27. The van der Waals surface area contributed by atoms with Gasteiger partial charge in [-0.15, -0.1) is 11.3 Å². The molecule has 6 heteroatoms. The summed E-state index contributed by atoms with van der Waals surface area (Å²) in [5, 5.41) is 14.5. The van der Waals surface area contributed by atoms with Crippen molar-refractivity contribution in [3.8, 4) is 5.75 Å². The minimum Gasteiger partial charge on any atom is -0.497 e. The van der Waals surface area contributed by atoms with Crippen LogP contribution >= 0.6 is 11.3 Å². The molecule has 0 aliphatic carbocycles. The van der Waals surface area contributed by atoms with E-state index in [1.807, 2.05) is 53.7 Å². The maximum atomic E-state index is 12.1. The van der Waals surface area contributed by atoms with Crippen LogP contribution in [0.2, 0.25) is 0 Å². The van der Waals surface area contributed by atoms with Crippen LogP contribution in [0.25, 0.3) is 0 Å². The summed E-state index contributed by atoms with van der Waals surface area (Å²) in [6.07, 6.45) is 0. The van der Waals surface area contributed by atoms with E-state index in [-0.39, 0.29) is 25.1 Å². The average Bonchev–Trinajstić information content (AvgIpc) is 3.08. The molecule has 1 unspecified atom stereocenters. The molecule has 1 aromatic heterocycles. The van der Waals surface area contributed by atoms with Crippen LogP contribution in [0.4, 0.5) is 0 Å². The van der Waals surface area contributed by atoms with Crippen molar-refractivity contribution in [3.05, 3.63) is 52.2 Å². The van der Waals surface area contributed by atoms with Crippen molar-refractivity contribution in [2.45, 2.75) is 12.6 Å². The summed E-state index contributed by atoms with van der Waals surface area (Å²) in [6, 6.07) is 11.2. The Morgan fingerprint density at radius 3 is 2.65 bits per heavy atom. The molecule has 23 heavy (non-hydrogen) atoms. The van der Waals surface area contributed by atoms with Gasteiger partial charge in [-0.1, -0.05) is 18.2 Å². The predicted molar refractivity (Wildman–Crippen MR) is 91.6 cm³/mol. The summed E-state index contributed by atoms with van der Waals surface area (Å²) in [5.41, 5.74) is 0.946. The number of carbonyl (C=O) groups is 1. The van der Waals surface area contributed by atoms with Gasteiger partial charge in [0.15, 0.2) is 0 Å². The van der Waals surface area contributed by atoms with Gasteiger partial charge in [-0.05, 0) is 36.2 Å². The molecule has 2 N–H and O–H groups in total. The van der Waals surface area contributed by atoms with E-state index in [4.69, 9.17) is 4.74 Å². The molecule has 1 heterocycles. The van der Waals surface area contributed by atoms with Crippen molar-refractivity contribution in [1.29, 1.82) is 0 Å². The molecule has 5 nitrogen and oxygen atoms in total. The topological polar surface area (TPSA) is 61.8 Å². The molecular weight excluding hydrogens is 312 g/mol. The third-order valence-corrected chi connectivity index (χ3v) is 4.51. The van der Waals surface area contributed by atoms with Crippen molar-refractivity contribution in [1.82, 2.24) is 10.2 Å². The summed E-state index contributed by atoms with van der Waals surface area (Å²) in [4.78, 5) is 15.0. The summed E-state index contributed by atoms with van der Waals surface area (Å²) in [6.45, 7) is 0.709. The van der Waals surface area contributed by atoms with Gasteiger partial charge < -0.3 is 15.2 Å². The van der Waals surface area contributed by atoms with Crippen LogP contribution in [0.5, 0.6) is 5.75 Å². The van der Waals surface area contributed by atoms with E-state index in [1.54, 1.807) is 18.4 Å². The number of aliphatic hydroxyl groups is 1. The van der Waals surface area contributed by atoms with Gasteiger partial charge in [0.1, 0.15) is 5.75 Å². The third-order valence-electron chi connectivity index (χ3n) is 3.64. The fourth-order valence-corrected chi connectivity index (χ4v) is 2.96. The molecule has 0 radical (unpaired) electrons. The van der Waals surface area contributed by atoms with Gasteiger partial charge in [0.2, 0.25) is 5.91 Å². The number of carbonyl (C=O) groups excluding carboxylic acids is 1. The van der Waals surface area contributed by atoms with Crippen LogP contribution < -0.4 is 10.1 Å². The zero-order valence-corrected chi connectivity index (χ0v) is 14.2. The van der Waals surface area contributed by atoms with E-state index in [0.717, 1.165) is 16.2 Å². The maximum Gasteiger partial charge on any atom is 0.234 e. The van der Waals surface area contributed by atoms with Crippen LogP contribution in [0.1, 0.15) is 16.5 Å². The molecule has 0 saturated carbocycles. The molecule has 2 aromatic rings. The van der Waals surface area contributed by atoms with E-state index in [9.17, 15) is 9.90 Å². The Labute approximate surface area is 140 Å². The first-order valence-corrected chi connectivity index (χ1v) is 8.26. The monoisotopic (exact) mass is 334 g/mol. The molecule has 2 rings (SSSR count). The van der Waals surface area contributed by atoms with E-state index in [2.05, 4.69) is 5.32 Å². The number of nitrogens with one attached hydrogen (secondary N) is 1. The van der Waals surface area contributed by atoms with Gasteiger partial charge in [-0.3, -0.25) is 9.69 Å². The van der Waals surface area contributed by atoms with Gasteiger partial charge >= 0.3 is 0 Å². The lowest BCUT2D eigenvalue weighted by Gasteiger charge is -2.26. The lowest BCUT2D eigenvalue weighted by atomic mass is 10.1. The summed E-state index contributed by atoms with van der Waals surface area (Å²) < 4.78 is 5.14. The highest BCUT2D eigenvalue weighted by atomic mass is 32.1. The number of amides is 1. The Balaban J connectivity index is 1.90. The molecule has 1 aromatic carbocycles. The number of likely N-dealkylation sites (N-methyl/N-ethyl adjacent to an activating group) is 1. The number of nitrogens with zero attached hydrogens (tertiary/aromatic N) is 1. The zero-order chi connectivity index (χ0) is 16.7. The standard InChI is InChI=1S/C17H22N2O3S/c1-19(11-17(21)18-10-15-4-3-9-23-15)16(12-20)13-5-7-14(22-2)8-6-13/h3-9,16,20H,10-12H2,1-2H3,(H,18,21). The number of thiophene rings is 1. The molecule has 1 atom stereocenters. The normalized spacial score (nSPS) is 12.2. The number of benzene rings is 1. The van der Waals surface area contributed by atoms with E-state index in [0.29, 0.717) is 6.54 Å². The fraction of sp³-hybridized carbons (Fsp3) is 0.353. The van der Waals surface area contributed by atoms with Crippen molar-refractivity contribution < 1.29 is 14.6 Å². The van der Waals surface area contributed by atoms with Crippen molar-refractivity contribution in [2.24, 2.45) is 0 Å². The molecular formula is C17H22N2O3S. The lowest BCUT2D eigenvalue weighted by molar-refractivity contribution is -0.122. The number of hydrogen-bond acceptors (Lipinski definition) is 5. The first kappa shape index (κ1) is 17.5. The highest BCUT2D eigenvalue weighted by molar-refractivity contribution is 7.09. The van der Waals surface area contributed by atoms with E-state index < -0.39 is 0 Å². The van der Waals surface area contributed by atoms with Crippen LogP contribution in [0.15, 0.2) is 41.8 Å². The lowest BCUT2D eigenvalue weighted by Crippen LogP contribution is -2.37. The Morgan fingerprint density at radius 2 is 2.09 bits per heavy atom. The highest BCUT2D eigenvalue weighted by Crippen LogP contribution is 2.21. The molecule has 0 fully saturated rings. The minimum absolute atomic E-state index is 0.0545. The highest BCUT2D eigenvalue weighted by Gasteiger charge is 2.18. The molecule has 1 amide bonds. The van der Waals surface area contributed by atoms with Gasteiger partial charge in [-0.25, -0.2) is 0 Å². The van der Waals surface area contributed by atoms with Crippen LogP contribution in [-0.2, 0) is 11.3 Å². The number of hydrogen-bond donors (Lipinski definition) is 2. The Bertz CT molecular complexity index is 599. The minimum atomic E-state index is -0.228. The molecule has 0 aliphatic rings. The molecule has 0 bridgehead atoms. The summed E-state index contributed by atoms with van der Waals surface area (Å²) in [5.74, 6) is 0.703. The second kappa shape index (κ2) is 8.67. The van der Waals surface area contributed by atoms with Gasteiger partial charge in [0, 0.05) is 4.88 Å². The predicted octanol–water partition coefficient (Wildman–Crippen LogP) is 2.04. The molecule has 0 saturated heterocycles. The second-order valence-electron chi connectivity index (χ2n) is 5.24. The summed E-state index contributed by atoms with van der Waals surface area (Å²) >= 11 is 1.61. The quantitative estimate of drug-likeness (QED) is 0.775. The van der Waals surface area contributed by atoms with Crippen LogP contribution in [0.3, 0.4) is 0 Å². The number of rotatable bonds is 8. The average molecular weight is 334 g/mol. The Morgan fingerprint density at radius 1 is 1.35 bits per heavy atom. The largest absolute Gasteiger partial charge is 0.497 e. The summed E-state index contributed by atoms with van der Waals surface area (Å²) in [7, 11) is 3.44. The molecule has 0 spiro atoms. The fourth-order valence-electron chi connectivity index (χ4n) is 2.32. The van der Waals surface area contributed by atoms with Crippen LogP contribution in [0, 0.1) is 0 Å². The first-order valence-electron chi connectivity index (χ1n) is 7.38. The molecule has 124 valence electrons. The van der Waals surface area contributed by atoms with E-state index in [1.165, 1.54) is 0 Å². The van der Waals surface area contributed by atoms with Crippen LogP contribution in [-0.4, -0.2) is 43.2 Å². The Kier molecular flexibility index (Phi) is 6.58. The zero-order valence-electron chi connectivity index (χ0n) is 13.4. The number of methoxy groups -OCH3 is 1. The van der Waals surface area contributed by atoms with Gasteiger partial charge in [-0.2, -0.15) is 0 Å². The first-order chi connectivity index (χ1) is 11.1. The van der Waals surface area contributed by atoms with Crippen molar-refractivity contribution in [3.63, 3.8) is 0 Å². The maximum absolute atomic E-state index is 12.1. The van der Waals surface area contributed by atoms with E-state index >= 15 is 0 Å². The smallest absolute Gasteiger partial charge is 0.234 e. The number of ether oxygens (including phenoxy) is 1. The SMILES string of the molecule is COc1ccc(C(CO)N(C)CC(=O)NCc2cccs2)cc1. The van der Waals surface area contributed by atoms with Gasteiger partial charge in [0.05, 0.1) is 32.8 Å². The van der Waals surface area contributed by atoms with Crippen molar-refractivity contribution in [2.75, 3.05) is 27.3 Å². The molecule has 0 aliphatic heterocycles. The van der Waals surface area contributed by atoms with Gasteiger partial charge in [0.25, 0.3) is 0 Å². The third kappa shape index (κ3) is 5.06. The van der Waals surface area contributed by atoms with Crippen molar-refractivity contribution >= 4 is 17.2 Å².